The number of H-pyrrole nitrogens is 1. The average molecular weight is 221 g/mol. The van der Waals surface area contributed by atoms with Crippen LogP contribution in [0.15, 0.2) is 18.2 Å². The van der Waals surface area contributed by atoms with Crippen molar-refractivity contribution in [3.05, 3.63) is 34.5 Å². The van der Waals surface area contributed by atoms with Crippen molar-refractivity contribution in [2.45, 2.75) is 19.4 Å². The van der Waals surface area contributed by atoms with Crippen molar-refractivity contribution in [1.29, 1.82) is 0 Å². The molecule has 1 aliphatic rings. The lowest BCUT2D eigenvalue weighted by Crippen LogP contribution is -2.27. The van der Waals surface area contributed by atoms with Crippen molar-refractivity contribution < 1.29 is 0 Å². The monoisotopic (exact) mass is 220 g/mol. The summed E-state index contributed by atoms with van der Waals surface area (Å²) in [5, 5.41) is 5.52. The van der Waals surface area contributed by atoms with E-state index in [2.05, 4.69) is 23.3 Å². The summed E-state index contributed by atoms with van der Waals surface area (Å²) in [6, 6.07) is 6.44. The predicted octanol–water partition coefficient (Wildman–Crippen LogP) is 3.03. The van der Waals surface area contributed by atoms with Crippen LogP contribution in [0.3, 0.4) is 0 Å². The molecule has 3 heteroatoms. The molecule has 2 N–H and O–H groups in total. The fourth-order valence-electron chi connectivity index (χ4n) is 2.44. The summed E-state index contributed by atoms with van der Waals surface area (Å²) in [7, 11) is 0. The van der Waals surface area contributed by atoms with Crippen LogP contribution < -0.4 is 5.32 Å². The predicted molar refractivity (Wildman–Crippen MR) is 63.4 cm³/mol. The molecular weight excluding hydrogens is 208 g/mol. The number of benzene rings is 1. The van der Waals surface area contributed by atoms with Crippen LogP contribution in [0.25, 0.3) is 10.9 Å². The Bertz CT molecular complexity index is 516. The van der Waals surface area contributed by atoms with Gasteiger partial charge >= 0.3 is 0 Å². The molecule has 0 bridgehead atoms. The first-order chi connectivity index (χ1) is 7.27. The number of aromatic nitrogens is 1. The van der Waals surface area contributed by atoms with Crippen molar-refractivity contribution in [2.75, 3.05) is 6.54 Å². The Kier molecular flexibility index (Phi) is 2.01. The van der Waals surface area contributed by atoms with E-state index in [1.807, 2.05) is 12.1 Å². The van der Waals surface area contributed by atoms with Gasteiger partial charge in [-0.1, -0.05) is 17.7 Å². The van der Waals surface area contributed by atoms with Crippen LogP contribution in [0.4, 0.5) is 0 Å². The minimum absolute atomic E-state index is 0.400. The van der Waals surface area contributed by atoms with Crippen molar-refractivity contribution in [3.8, 4) is 0 Å². The molecule has 0 amide bonds. The van der Waals surface area contributed by atoms with E-state index >= 15 is 0 Å². The smallest absolute Gasteiger partial charge is 0.0502 e. The zero-order chi connectivity index (χ0) is 10.4. The summed E-state index contributed by atoms with van der Waals surface area (Å²) in [5.41, 5.74) is 3.84. The van der Waals surface area contributed by atoms with Gasteiger partial charge in [-0.3, -0.25) is 0 Å². The fourth-order valence-corrected chi connectivity index (χ4v) is 2.72. The first-order valence-corrected chi connectivity index (χ1v) is 5.67. The lowest BCUT2D eigenvalue weighted by molar-refractivity contribution is 0.533. The lowest BCUT2D eigenvalue weighted by Gasteiger charge is -2.20. The van der Waals surface area contributed by atoms with E-state index in [0.717, 1.165) is 23.5 Å². The SMILES string of the molecule is CC1NCCc2c1[nH]c1cccc(Cl)c21. The van der Waals surface area contributed by atoms with Crippen LogP contribution in [-0.4, -0.2) is 11.5 Å². The van der Waals surface area contributed by atoms with Crippen LogP contribution in [0.1, 0.15) is 24.2 Å². The maximum atomic E-state index is 6.24. The van der Waals surface area contributed by atoms with Crippen LogP contribution in [-0.2, 0) is 6.42 Å². The maximum absolute atomic E-state index is 6.24. The molecule has 0 saturated heterocycles. The van der Waals surface area contributed by atoms with Crippen molar-refractivity contribution in [3.63, 3.8) is 0 Å². The Labute approximate surface area is 93.6 Å². The van der Waals surface area contributed by atoms with E-state index in [9.17, 15) is 0 Å². The average Bonchev–Trinajstić information content (AvgIpc) is 2.59. The molecule has 0 fully saturated rings. The standard InChI is InChI=1S/C12H13ClN2/c1-7-12-8(5-6-14-7)11-9(13)3-2-4-10(11)15-12/h2-4,7,14-15H,5-6H2,1H3. The number of hydrogen-bond acceptors (Lipinski definition) is 1. The Balaban J connectivity index is 2.36. The summed E-state index contributed by atoms with van der Waals surface area (Å²) in [6.07, 6.45) is 1.06. The van der Waals surface area contributed by atoms with Gasteiger partial charge in [-0.2, -0.15) is 0 Å². The highest BCUT2D eigenvalue weighted by Crippen LogP contribution is 2.33. The van der Waals surface area contributed by atoms with Gasteiger partial charge in [-0.25, -0.2) is 0 Å². The number of halogens is 1. The zero-order valence-corrected chi connectivity index (χ0v) is 9.36. The molecule has 0 radical (unpaired) electrons. The summed E-state index contributed by atoms with van der Waals surface area (Å²) in [6.45, 7) is 3.22. The molecule has 2 heterocycles. The highest BCUT2D eigenvalue weighted by atomic mass is 35.5. The van der Waals surface area contributed by atoms with Crippen LogP contribution in [0, 0.1) is 0 Å². The zero-order valence-electron chi connectivity index (χ0n) is 8.60. The normalized spacial score (nSPS) is 20.5. The van der Waals surface area contributed by atoms with Crippen LogP contribution in [0.2, 0.25) is 5.02 Å². The number of fused-ring (bicyclic) bond motifs is 3. The van der Waals surface area contributed by atoms with Gasteiger partial charge in [-0.05, 0) is 37.6 Å². The van der Waals surface area contributed by atoms with Crippen molar-refractivity contribution in [1.82, 2.24) is 10.3 Å². The molecular formula is C12H13ClN2. The van der Waals surface area contributed by atoms with Crippen LogP contribution >= 0.6 is 11.6 Å². The number of hydrogen-bond donors (Lipinski definition) is 2. The summed E-state index contributed by atoms with van der Waals surface area (Å²) < 4.78 is 0. The summed E-state index contributed by atoms with van der Waals surface area (Å²) in [5.74, 6) is 0. The molecule has 2 aromatic rings. The molecule has 15 heavy (non-hydrogen) atoms. The summed E-state index contributed by atoms with van der Waals surface area (Å²) in [4.78, 5) is 3.46. The minimum Gasteiger partial charge on any atom is -0.357 e. The number of rotatable bonds is 0. The van der Waals surface area contributed by atoms with E-state index < -0.39 is 0 Å². The van der Waals surface area contributed by atoms with E-state index in [4.69, 9.17) is 11.6 Å². The second-order valence-corrected chi connectivity index (χ2v) is 4.51. The van der Waals surface area contributed by atoms with E-state index in [0.29, 0.717) is 6.04 Å². The Hall–Kier alpha value is -0.990. The van der Waals surface area contributed by atoms with Gasteiger partial charge in [0.15, 0.2) is 0 Å². The Morgan fingerprint density at radius 2 is 2.27 bits per heavy atom. The highest BCUT2D eigenvalue weighted by molar-refractivity contribution is 6.35. The molecule has 0 saturated carbocycles. The Morgan fingerprint density at radius 1 is 1.40 bits per heavy atom. The van der Waals surface area contributed by atoms with Gasteiger partial charge < -0.3 is 10.3 Å². The van der Waals surface area contributed by atoms with E-state index in [-0.39, 0.29) is 0 Å². The maximum Gasteiger partial charge on any atom is 0.0502 e. The first-order valence-electron chi connectivity index (χ1n) is 5.29. The molecule has 0 aliphatic carbocycles. The Morgan fingerprint density at radius 3 is 3.13 bits per heavy atom. The molecule has 0 spiro atoms. The van der Waals surface area contributed by atoms with Gasteiger partial charge in [0, 0.05) is 22.6 Å². The van der Waals surface area contributed by atoms with Gasteiger partial charge in [0.25, 0.3) is 0 Å². The lowest BCUT2D eigenvalue weighted by atomic mass is 10.0. The molecule has 1 aromatic carbocycles. The highest BCUT2D eigenvalue weighted by Gasteiger charge is 2.21. The first kappa shape index (κ1) is 9.25. The van der Waals surface area contributed by atoms with E-state index in [1.165, 1.54) is 16.6 Å². The summed E-state index contributed by atoms with van der Waals surface area (Å²) >= 11 is 6.24. The molecule has 3 rings (SSSR count). The number of aromatic amines is 1. The molecule has 1 atom stereocenters. The second kappa shape index (κ2) is 3.26. The quantitative estimate of drug-likeness (QED) is 0.702. The third kappa shape index (κ3) is 1.29. The molecule has 1 aliphatic heterocycles. The van der Waals surface area contributed by atoms with Crippen molar-refractivity contribution >= 4 is 22.5 Å². The van der Waals surface area contributed by atoms with Crippen LogP contribution in [0.5, 0.6) is 0 Å². The molecule has 2 nitrogen and oxygen atoms in total. The van der Waals surface area contributed by atoms with E-state index in [1.54, 1.807) is 0 Å². The van der Waals surface area contributed by atoms with Crippen molar-refractivity contribution in [2.24, 2.45) is 0 Å². The van der Waals surface area contributed by atoms with Gasteiger partial charge in [-0.15, -0.1) is 0 Å². The third-order valence-corrected chi connectivity index (χ3v) is 3.48. The molecule has 1 unspecified atom stereocenters. The molecule has 78 valence electrons. The second-order valence-electron chi connectivity index (χ2n) is 4.11. The fraction of sp³-hybridized carbons (Fsp3) is 0.333. The minimum atomic E-state index is 0.400. The largest absolute Gasteiger partial charge is 0.357 e. The van der Waals surface area contributed by atoms with Gasteiger partial charge in [0.1, 0.15) is 0 Å². The topological polar surface area (TPSA) is 27.8 Å². The van der Waals surface area contributed by atoms with Gasteiger partial charge in [0.05, 0.1) is 5.02 Å². The molecule has 1 aromatic heterocycles. The van der Waals surface area contributed by atoms with Gasteiger partial charge in [0.2, 0.25) is 0 Å². The number of nitrogens with one attached hydrogen (secondary N) is 2. The third-order valence-electron chi connectivity index (χ3n) is 3.17.